The molecule has 0 aromatic heterocycles. The fourth-order valence-electron chi connectivity index (χ4n) is 2.80. The van der Waals surface area contributed by atoms with Crippen LogP contribution in [0.2, 0.25) is 15.1 Å². The quantitative estimate of drug-likeness (QED) is 0.367. The molecule has 0 spiro atoms. The first-order valence-corrected chi connectivity index (χ1v) is 10.7. The van der Waals surface area contributed by atoms with Crippen LogP contribution in [-0.2, 0) is 13.0 Å². The summed E-state index contributed by atoms with van der Waals surface area (Å²) in [6.45, 7) is 2.49. The maximum absolute atomic E-state index is 12.5. The Bertz CT molecular complexity index is 1100. The van der Waals surface area contributed by atoms with E-state index in [0.29, 0.717) is 38.6 Å². The number of benzene rings is 3. The van der Waals surface area contributed by atoms with Crippen molar-refractivity contribution in [3.63, 3.8) is 0 Å². The van der Waals surface area contributed by atoms with Crippen LogP contribution in [-0.4, -0.2) is 11.9 Å². The van der Waals surface area contributed by atoms with Crippen molar-refractivity contribution < 1.29 is 9.59 Å². The lowest BCUT2D eigenvalue weighted by molar-refractivity contribution is 0.0951. The van der Waals surface area contributed by atoms with Gasteiger partial charge in [-0.25, -0.2) is 4.79 Å². The SMILES string of the molecule is CCc1ccc(CNC(=O)c2ccc(Cl)c(NC(=O)Nc3ccc(Cl)c(Cl)c3)c2)cc1. The minimum atomic E-state index is -0.533. The van der Waals surface area contributed by atoms with Gasteiger partial charge in [-0.15, -0.1) is 0 Å². The van der Waals surface area contributed by atoms with Gasteiger partial charge in [0.15, 0.2) is 0 Å². The number of carbonyl (C=O) groups is 2. The molecule has 0 aliphatic rings. The number of aryl methyl sites for hydroxylation is 1. The minimum Gasteiger partial charge on any atom is -0.348 e. The molecule has 0 fully saturated rings. The zero-order chi connectivity index (χ0) is 22.4. The van der Waals surface area contributed by atoms with E-state index in [1.165, 1.54) is 17.7 Å². The van der Waals surface area contributed by atoms with Crippen molar-refractivity contribution in [2.45, 2.75) is 19.9 Å². The summed E-state index contributed by atoms with van der Waals surface area (Å²) in [6, 6.07) is 16.9. The van der Waals surface area contributed by atoms with Crippen LogP contribution in [0.1, 0.15) is 28.4 Å². The van der Waals surface area contributed by atoms with E-state index in [1.807, 2.05) is 24.3 Å². The lowest BCUT2D eigenvalue weighted by atomic mass is 10.1. The molecule has 0 heterocycles. The van der Waals surface area contributed by atoms with Crippen molar-refractivity contribution in [1.29, 1.82) is 0 Å². The van der Waals surface area contributed by atoms with Crippen LogP contribution in [0.15, 0.2) is 60.7 Å². The average molecular weight is 477 g/mol. The highest BCUT2D eigenvalue weighted by atomic mass is 35.5. The first-order valence-electron chi connectivity index (χ1n) is 9.54. The molecule has 3 amide bonds. The number of nitrogens with one attached hydrogen (secondary N) is 3. The fraction of sp³-hybridized carbons (Fsp3) is 0.130. The van der Waals surface area contributed by atoms with E-state index in [0.717, 1.165) is 12.0 Å². The topological polar surface area (TPSA) is 70.2 Å². The molecule has 0 bridgehead atoms. The summed E-state index contributed by atoms with van der Waals surface area (Å²) in [7, 11) is 0. The fourth-order valence-corrected chi connectivity index (χ4v) is 3.26. The molecule has 0 radical (unpaired) electrons. The molecule has 3 rings (SSSR count). The molecule has 0 aliphatic heterocycles. The van der Waals surface area contributed by atoms with E-state index < -0.39 is 6.03 Å². The van der Waals surface area contributed by atoms with Crippen molar-refractivity contribution in [3.05, 3.63) is 92.4 Å². The van der Waals surface area contributed by atoms with Crippen molar-refractivity contribution in [1.82, 2.24) is 5.32 Å². The van der Waals surface area contributed by atoms with Gasteiger partial charge in [-0.05, 0) is 53.9 Å². The molecule has 0 saturated carbocycles. The standard InChI is InChI=1S/C23H20Cl3N3O2/c1-2-14-3-5-15(6-4-14)13-27-22(30)16-7-9-19(25)21(11-16)29-23(31)28-17-8-10-18(24)20(26)12-17/h3-12H,2,13H2,1H3,(H,27,30)(H2,28,29,31). The molecule has 0 saturated heterocycles. The third kappa shape index (κ3) is 6.37. The Hall–Kier alpha value is -2.73. The molecule has 3 N–H and O–H groups in total. The van der Waals surface area contributed by atoms with Gasteiger partial charge in [0.1, 0.15) is 0 Å². The van der Waals surface area contributed by atoms with Crippen LogP contribution in [0.4, 0.5) is 16.2 Å². The summed E-state index contributed by atoms with van der Waals surface area (Å²) in [5, 5.41) is 9.15. The highest BCUT2D eigenvalue weighted by molar-refractivity contribution is 6.42. The Labute approximate surface area is 195 Å². The summed E-state index contributed by atoms with van der Waals surface area (Å²) in [4.78, 5) is 24.9. The number of hydrogen-bond donors (Lipinski definition) is 3. The zero-order valence-corrected chi connectivity index (χ0v) is 18.9. The Kier molecular flexibility index (Phi) is 7.80. The van der Waals surface area contributed by atoms with E-state index in [9.17, 15) is 9.59 Å². The zero-order valence-electron chi connectivity index (χ0n) is 16.6. The molecule has 31 heavy (non-hydrogen) atoms. The second kappa shape index (κ2) is 10.5. The lowest BCUT2D eigenvalue weighted by Crippen LogP contribution is -2.23. The largest absolute Gasteiger partial charge is 0.348 e. The molecular formula is C23H20Cl3N3O2. The van der Waals surface area contributed by atoms with E-state index in [2.05, 4.69) is 22.9 Å². The number of rotatable bonds is 6. The van der Waals surface area contributed by atoms with Crippen LogP contribution in [0.3, 0.4) is 0 Å². The van der Waals surface area contributed by atoms with Gasteiger partial charge in [0.2, 0.25) is 0 Å². The normalized spacial score (nSPS) is 10.5. The van der Waals surface area contributed by atoms with E-state index >= 15 is 0 Å². The summed E-state index contributed by atoms with van der Waals surface area (Å²) in [6.07, 6.45) is 0.964. The first kappa shape index (κ1) is 22.9. The number of amides is 3. The minimum absolute atomic E-state index is 0.274. The first-order chi connectivity index (χ1) is 14.9. The van der Waals surface area contributed by atoms with E-state index in [4.69, 9.17) is 34.8 Å². The van der Waals surface area contributed by atoms with Gasteiger partial charge in [0.05, 0.1) is 20.8 Å². The third-order valence-electron chi connectivity index (χ3n) is 4.54. The van der Waals surface area contributed by atoms with Crippen LogP contribution in [0, 0.1) is 0 Å². The maximum Gasteiger partial charge on any atom is 0.323 e. The second-order valence-corrected chi connectivity index (χ2v) is 7.98. The van der Waals surface area contributed by atoms with Gasteiger partial charge in [-0.1, -0.05) is 66.0 Å². The van der Waals surface area contributed by atoms with Gasteiger partial charge >= 0.3 is 6.03 Å². The Morgan fingerprint density at radius 3 is 2.13 bits per heavy atom. The van der Waals surface area contributed by atoms with E-state index in [1.54, 1.807) is 24.3 Å². The summed E-state index contributed by atoms with van der Waals surface area (Å²) in [5.41, 5.74) is 3.38. The molecule has 3 aromatic rings. The predicted molar refractivity (Wildman–Crippen MR) is 128 cm³/mol. The Morgan fingerprint density at radius 1 is 0.774 bits per heavy atom. The summed E-state index contributed by atoms with van der Waals surface area (Å²) >= 11 is 18.0. The Morgan fingerprint density at radius 2 is 1.45 bits per heavy atom. The lowest BCUT2D eigenvalue weighted by Gasteiger charge is -2.12. The molecule has 0 atom stereocenters. The molecule has 0 aliphatic carbocycles. The molecule has 3 aromatic carbocycles. The summed E-state index contributed by atoms with van der Waals surface area (Å²) < 4.78 is 0. The van der Waals surface area contributed by atoms with Crippen molar-refractivity contribution in [2.24, 2.45) is 0 Å². The predicted octanol–water partition coefficient (Wildman–Crippen LogP) is 6.78. The number of urea groups is 1. The molecular weight excluding hydrogens is 457 g/mol. The molecule has 0 unspecified atom stereocenters. The van der Waals surface area contributed by atoms with Crippen LogP contribution in [0.25, 0.3) is 0 Å². The van der Waals surface area contributed by atoms with Crippen LogP contribution < -0.4 is 16.0 Å². The van der Waals surface area contributed by atoms with E-state index in [-0.39, 0.29) is 5.91 Å². The van der Waals surface area contributed by atoms with Crippen molar-refractivity contribution >= 4 is 58.1 Å². The van der Waals surface area contributed by atoms with Crippen molar-refractivity contribution in [3.8, 4) is 0 Å². The van der Waals surface area contributed by atoms with Gasteiger partial charge < -0.3 is 16.0 Å². The number of hydrogen-bond acceptors (Lipinski definition) is 2. The number of carbonyl (C=O) groups excluding carboxylic acids is 2. The highest BCUT2D eigenvalue weighted by Gasteiger charge is 2.12. The summed E-state index contributed by atoms with van der Waals surface area (Å²) in [5.74, 6) is -0.274. The van der Waals surface area contributed by atoms with Gasteiger partial charge in [0.25, 0.3) is 5.91 Å². The molecule has 8 heteroatoms. The van der Waals surface area contributed by atoms with Gasteiger partial charge in [0, 0.05) is 17.8 Å². The van der Waals surface area contributed by atoms with Crippen molar-refractivity contribution in [2.75, 3.05) is 10.6 Å². The van der Waals surface area contributed by atoms with Crippen LogP contribution in [0.5, 0.6) is 0 Å². The molecule has 160 valence electrons. The second-order valence-electron chi connectivity index (χ2n) is 6.76. The highest BCUT2D eigenvalue weighted by Crippen LogP contribution is 2.26. The number of halogens is 3. The maximum atomic E-state index is 12.5. The molecule has 5 nitrogen and oxygen atoms in total. The van der Waals surface area contributed by atoms with Crippen LogP contribution >= 0.6 is 34.8 Å². The van der Waals surface area contributed by atoms with Gasteiger partial charge in [-0.2, -0.15) is 0 Å². The number of anilines is 2. The third-order valence-corrected chi connectivity index (χ3v) is 5.61. The average Bonchev–Trinajstić information content (AvgIpc) is 2.76. The van der Waals surface area contributed by atoms with Gasteiger partial charge in [-0.3, -0.25) is 4.79 Å². The smallest absolute Gasteiger partial charge is 0.323 e. The Balaban J connectivity index is 1.63. The monoisotopic (exact) mass is 475 g/mol.